The number of halogens is 2. The van der Waals surface area contributed by atoms with E-state index < -0.39 is 52.8 Å². The minimum absolute atomic E-state index is 0.0860. The van der Waals surface area contributed by atoms with Gasteiger partial charge in [-0.15, -0.1) is 0 Å². The number of carbonyl (C=O) groups excluding carboxylic acids is 2. The van der Waals surface area contributed by atoms with Crippen molar-refractivity contribution in [3.63, 3.8) is 0 Å². The van der Waals surface area contributed by atoms with Gasteiger partial charge in [0.15, 0.2) is 0 Å². The van der Waals surface area contributed by atoms with Crippen molar-refractivity contribution in [1.82, 2.24) is 10.2 Å². The highest BCUT2D eigenvalue weighted by Crippen LogP contribution is 2.28. The third-order valence-electron chi connectivity index (χ3n) is 4.56. The number of carbonyl (C=O) groups is 2. The van der Waals surface area contributed by atoms with Crippen molar-refractivity contribution < 1.29 is 28.6 Å². The molecule has 2 amide bonds. The zero-order chi connectivity index (χ0) is 21.4. The number of aliphatic hydroxyl groups excluding tert-OH is 2. The van der Waals surface area contributed by atoms with Gasteiger partial charge < -0.3 is 20.4 Å². The van der Waals surface area contributed by atoms with Crippen LogP contribution in [0, 0.1) is 17.0 Å². The molecule has 0 saturated carbocycles. The van der Waals surface area contributed by atoms with Gasteiger partial charge in [-0.1, -0.05) is 20.8 Å². The predicted molar refractivity (Wildman–Crippen MR) is 99.5 cm³/mol. The summed E-state index contributed by atoms with van der Waals surface area (Å²) in [6.45, 7) is 9.35. The summed E-state index contributed by atoms with van der Waals surface area (Å²) in [6.07, 6.45) is -2.25. The van der Waals surface area contributed by atoms with E-state index in [1.54, 1.807) is 0 Å². The maximum atomic E-state index is 14.0. The molecule has 0 aliphatic carbocycles. The molecule has 1 aliphatic heterocycles. The van der Waals surface area contributed by atoms with Crippen LogP contribution in [0.15, 0.2) is 18.2 Å². The van der Waals surface area contributed by atoms with Crippen LogP contribution in [0.2, 0.25) is 0 Å². The van der Waals surface area contributed by atoms with Crippen molar-refractivity contribution in [1.29, 1.82) is 0 Å². The lowest BCUT2D eigenvalue weighted by molar-refractivity contribution is -0.129. The Morgan fingerprint density at radius 2 is 1.79 bits per heavy atom. The molecule has 0 bridgehead atoms. The number of likely N-dealkylation sites (tertiary alicyclic amines) is 1. The maximum Gasteiger partial charge on any atom is 0.257 e. The standard InChI is InChI=1S/C20H28F2N2O4/c1-19(2,3)10-20(4,5)23-17(27)15-16(26)14(25)9-24(15)18(28)12-7-6-11(21)8-13(12)22/h6-8,14-16,25-26H,9-10H2,1-5H3,(H,23,27)/t14-,15?,16+/m0/s1. The van der Waals surface area contributed by atoms with E-state index in [1.807, 2.05) is 34.6 Å². The number of β-amino-alcohol motifs (C(OH)–C–C–N with tert-alkyl or cyclic N) is 1. The number of hydrogen-bond donors (Lipinski definition) is 3. The van der Waals surface area contributed by atoms with E-state index in [0.29, 0.717) is 12.5 Å². The van der Waals surface area contributed by atoms with Gasteiger partial charge in [0.1, 0.15) is 29.9 Å². The first-order valence-corrected chi connectivity index (χ1v) is 9.16. The molecule has 0 aromatic heterocycles. The normalized spacial score (nSPS) is 23.0. The van der Waals surface area contributed by atoms with Crippen LogP contribution in [0.3, 0.4) is 0 Å². The molecule has 1 saturated heterocycles. The van der Waals surface area contributed by atoms with Crippen molar-refractivity contribution in [3.05, 3.63) is 35.4 Å². The smallest absolute Gasteiger partial charge is 0.257 e. The molecule has 1 aromatic carbocycles. The molecule has 1 aliphatic rings. The fourth-order valence-corrected chi connectivity index (χ4v) is 3.92. The second-order valence-electron chi connectivity index (χ2n) is 9.20. The highest BCUT2D eigenvalue weighted by atomic mass is 19.1. The first kappa shape index (κ1) is 22.2. The summed E-state index contributed by atoms with van der Waals surface area (Å²) in [5.41, 5.74) is -1.16. The van der Waals surface area contributed by atoms with E-state index in [9.17, 15) is 28.6 Å². The van der Waals surface area contributed by atoms with Crippen LogP contribution in [0.4, 0.5) is 8.78 Å². The lowest BCUT2D eigenvalue weighted by atomic mass is 9.81. The van der Waals surface area contributed by atoms with Gasteiger partial charge in [0.05, 0.1) is 12.1 Å². The van der Waals surface area contributed by atoms with Crippen LogP contribution >= 0.6 is 0 Å². The predicted octanol–water partition coefficient (Wildman–Crippen LogP) is 1.84. The van der Waals surface area contributed by atoms with Crippen LogP contribution < -0.4 is 5.32 Å². The average Bonchev–Trinajstić information content (AvgIpc) is 2.79. The third-order valence-corrected chi connectivity index (χ3v) is 4.56. The number of benzene rings is 1. The monoisotopic (exact) mass is 398 g/mol. The fraction of sp³-hybridized carbons (Fsp3) is 0.600. The van der Waals surface area contributed by atoms with Crippen molar-refractivity contribution in [3.8, 4) is 0 Å². The topological polar surface area (TPSA) is 89.9 Å². The molecule has 8 heteroatoms. The SMILES string of the molecule is CC(C)(C)CC(C)(C)NC(=O)C1[C@H](O)[C@@H](O)CN1C(=O)c1ccc(F)cc1F. The number of amides is 2. The minimum Gasteiger partial charge on any atom is -0.388 e. The Labute approximate surface area is 163 Å². The molecule has 1 aromatic rings. The number of rotatable bonds is 4. The van der Waals surface area contributed by atoms with Crippen LogP contribution in [0.5, 0.6) is 0 Å². The second-order valence-corrected chi connectivity index (χ2v) is 9.20. The summed E-state index contributed by atoms with van der Waals surface area (Å²) in [5, 5.41) is 23.1. The molecule has 1 heterocycles. The Morgan fingerprint density at radius 3 is 2.32 bits per heavy atom. The summed E-state index contributed by atoms with van der Waals surface area (Å²) < 4.78 is 27.1. The van der Waals surface area contributed by atoms with Gasteiger partial charge in [0, 0.05) is 11.6 Å². The Bertz CT molecular complexity index is 761. The number of hydrogen-bond acceptors (Lipinski definition) is 4. The lowest BCUT2D eigenvalue weighted by Gasteiger charge is -2.35. The summed E-state index contributed by atoms with van der Waals surface area (Å²) in [4.78, 5) is 26.5. The van der Waals surface area contributed by atoms with Crippen LogP contribution in [0.1, 0.15) is 51.4 Å². The number of aliphatic hydroxyl groups is 2. The molecule has 156 valence electrons. The molecule has 6 nitrogen and oxygen atoms in total. The van der Waals surface area contributed by atoms with E-state index in [-0.39, 0.29) is 12.0 Å². The lowest BCUT2D eigenvalue weighted by Crippen LogP contribution is -2.56. The third kappa shape index (κ3) is 5.05. The fourth-order valence-electron chi connectivity index (χ4n) is 3.92. The molecule has 1 unspecified atom stereocenters. The summed E-state index contributed by atoms with van der Waals surface area (Å²) >= 11 is 0. The minimum atomic E-state index is -1.52. The van der Waals surface area contributed by atoms with E-state index in [2.05, 4.69) is 5.32 Å². The number of nitrogens with one attached hydrogen (secondary N) is 1. The van der Waals surface area contributed by atoms with Gasteiger partial charge in [0.2, 0.25) is 5.91 Å². The van der Waals surface area contributed by atoms with Gasteiger partial charge in [0.25, 0.3) is 5.91 Å². The largest absolute Gasteiger partial charge is 0.388 e. The van der Waals surface area contributed by atoms with Crippen LogP contribution in [-0.2, 0) is 4.79 Å². The zero-order valence-corrected chi connectivity index (χ0v) is 16.8. The average molecular weight is 398 g/mol. The molecule has 0 spiro atoms. The van der Waals surface area contributed by atoms with Crippen LogP contribution in [-0.4, -0.2) is 57.3 Å². The van der Waals surface area contributed by atoms with Gasteiger partial charge in [-0.25, -0.2) is 8.78 Å². The van der Waals surface area contributed by atoms with E-state index in [4.69, 9.17) is 0 Å². The molecular formula is C20H28F2N2O4. The van der Waals surface area contributed by atoms with Gasteiger partial charge in [-0.2, -0.15) is 0 Å². The zero-order valence-electron chi connectivity index (χ0n) is 16.8. The Balaban J connectivity index is 2.27. The summed E-state index contributed by atoms with van der Waals surface area (Å²) in [7, 11) is 0. The highest BCUT2D eigenvalue weighted by Gasteiger charge is 2.48. The Kier molecular flexibility index (Phi) is 6.16. The van der Waals surface area contributed by atoms with Gasteiger partial charge in [-0.05, 0) is 37.8 Å². The van der Waals surface area contributed by atoms with Crippen LogP contribution in [0.25, 0.3) is 0 Å². The van der Waals surface area contributed by atoms with E-state index >= 15 is 0 Å². The summed E-state index contributed by atoms with van der Waals surface area (Å²) in [6, 6.07) is 1.09. The highest BCUT2D eigenvalue weighted by molar-refractivity contribution is 5.98. The van der Waals surface area contributed by atoms with Crippen molar-refractivity contribution in [2.45, 2.75) is 64.8 Å². The van der Waals surface area contributed by atoms with E-state index in [0.717, 1.165) is 17.0 Å². The first-order chi connectivity index (χ1) is 12.7. The molecule has 1 fully saturated rings. The maximum absolute atomic E-state index is 14.0. The molecule has 3 N–H and O–H groups in total. The molecule has 2 rings (SSSR count). The van der Waals surface area contributed by atoms with Crippen molar-refractivity contribution >= 4 is 11.8 Å². The van der Waals surface area contributed by atoms with Crippen molar-refractivity contribution in [2.24, 2.45) is 5.41 Å². The molecular weight excluding hydrogens is 370 g/mol. The molecule has 0 radical (unpaired) electrons. The molecule has 28 heavy (non-hydrogen) atoms. The number of nitrogens with zero attached hydrogens (tertiary/aromatic N) is 1. The summed E-state index contributed by atoms with van der Waals surface area (Å²) in [5.74, 6) is -3.46. The quantitative estimate of drug-likeness (QED) is 0.722. The first-order valence-electron chi connectivity index (χ1n) is 9.16. The second kappa shape index (κ2) is 7.75. The Morgan fingerprint density at radius 1 is 1.18 bits per heavy atom. The van der Waals surface area contributed by atoms with Crippen molar-refractivity contribution in [2.75, 3.05) is 6.54 Å². The molecule has 3 atom stereocenters. The Hall–Kier alpha value is -2.06. The van der Waals surface area contributed by atoms with Gasteiger partial charge >= 0.3 is 0 Å². The van der Waals surface area contributed by atoms with E-state index in [1.165, 1.54) is 0 Å². The van der Waals surface area contributed by atoms with Gasteiger partial charge in [-0.3, -0.25) is 9.59 Å².